The van der Waals surface area contributed by atoms with Gasteiger partial charge >= 0.3 is 0 Å². The van der Waals surface area contributed by atoms with E-state index in [1.807, 2.05) is 13.8 Å². The van der Waals surface area contributed by atoms with Crippen LogP contribution in [0.15, 0.2) is 12.3 Å². The van der Waals surface area contributed by atoms with Gasteiger partial charge in [0.2, 0.25) is 5.13 Å². The first-order valence-corrected chi connectivity index (χ1v) is 7.30. The number of halogens is 1. The third-order valence-electron chi connectivity index (χ3n) is 2.39. The normalized spacial score (nSPS) is 10.3. The van der Waals surface area contributed by atoms with Gasteiger partial charge in [0.25, 0.3) is 5.91 Å². The number of carbonyl (C=O) groups excluding carboxylic acids is 1. The summed E-state index contributed by atoms with van der Waals surface area (Å²) in [5.41, 5.74) is 0.380. The molecular formula is C12H14ClN5OS. The molecule has 0 spiro atoms. The van der Waals surface area contributed by atoms with Crippen molar-refractivity contribution in [3.8, 4) is 0 Å². The van der Waals surface area contributed by atoms with E-state index in [4.69, 9.17) is 11.6 Å². The molecule has 0 aliphatic rings. The lowest BCUT2D eigenvalue weighted by molar-refractivity contribution is 0.102. The predicted molar refractivity (Wildman–Crippen MR) is 80.6 cm³/mol. The van der Waals surface area contributed by atoms with Gasteiger partial charge in [0.05, 0.1) is 10.6 Å². The second-order valence-corrected chi connectivity index (χ2v) is 5.65. The topological polar surface area (TPSA) is 79.8 Å². The van der Waals surface area contributed by atoms with Crippen LogP contribution in [0.2, 0.25) is 5.02 Å². The largest absolute Gasteiger partial charge is 0.369 e. The minimum atomic E-state index is -0.308. The number of amides is 1. The zero-order valence-electron chi connectivity index (χ0n) is 11.1. The highest BCUT2D eigenvalue weighted by Crippen LogP contribution is 2.21. The number of carbonyl (C=O) groups is 1. The molecule has 2 aromatic heterocycles. The van der Waals surface area contributed by atoms with Crippen molar-refractivity contribution < 1.29 is 4.79 Å². The highest BCUT2D eigenvalue weighted by Gasteiger charge is 2.12. The van der Waals surface area contributed by atoms with Crippen LogP contribution in [0.3, 0.4) is 0 Å². The van der Waals surface area contributed by atoms with Gasteiger partial charge in [-0.25, -0.2) is 4.98 Å². The second-order valence-electron chi connectivity index (χ2n) is 4.06. The number of pyridine rings is 1. The van der Waals surface area contributed by atoms with Crippen molar-refractivity contribution in [2.24, 2.45) is 0 Å². The molecular weight excluding hydrogens is 298 g/mol. The van der Waals surface area contributed by atoms with E-state index in [2.05, 4.69) is 25.8 Å². The molecule has 0 aliphatic heterocycles. The molecule has 1 amide bonds. The van der Waals surface area contributed by atoms with Crippen LogP contribution in [0.5, 0.6) is 0 Å². The number of hydrogen-bond donors (Lipinski definition) is 2. The zero-order chi connectivity index (χ0) is 14.5. The van der Waals surface area contributed by atoms with Crippen LogP contribution in [0.4, 0.5) is 10.9 Å². The number of nitrogens with zero attached hydrogens (tertiary/aromatic N) is 3. The highest BCUT2D eigenvalue weighted by molar-refractivity contribution is 7.15. The Bertz CT molecular complexity index is 616. The van der Waals surface area contributed by atoms with E-state index in [-0.39, 0.29) is 5.91 Å². The third-order valence-corrected chi connectivity index (χ3v) is 3.43. The van der Waals surface area contributed by atoms with Crippen LogP contribution in [0.1, 0.15) is 28.7 Å². The molecule has 2 aromatic rings. The fourth-order valence-electron chi connectivity index (χ4n) is 1.45. The van der Waals surface area contributed by atoms with E-state index in [0.29, 0.717) is 21.5 Å². The standard InChI is InChI=1S/C12H14ClN5OS/c1-3-4-14-10-9(13)5-8(6-15-10)11(19)16-12-18-17-7(2)20-12/h5-6H,3-4H2,1-2H3,(H,14,15)(H,16,18,19). The maximum Gasteiger partial charge on any atom is 0.259 e. The SMILES string of the molecule is CCCNc1ncc(C(=O)Nc2nnc(C)s2)cc1Cl. The lowest BCUT2D eigenvalue weighted by Crippen LogP contribution is -2.13. The summed E-state index contributed by atoms with van der Waals surface area (Å²) in [6.45, 7) is 4.65. The van der Waals surface area contributed by atoms with Gasteiger partial charge in [-0.15, -0.1) is 10.2 Å². The monoisotopic (exact) mass is 311 g/mol. The summed E-state index contributed by atoms with van der Waals surface area (Å²) in [5.74, 6) is 0.273. The van der Waals surface area contributed by atoms with Crippen LogP contribution >= 0.6 is 22.9 Å². The number of rotatable bonds is 5. The van der Waals surface area contributed by atoms with Crippen molar-refractivity contribution in [3.05, 3.63) is 27.9 Å². The average Bonchev–Trinajstić information content (AvgIpc) is 2.82. The maximum atomic E-state index is 12.0. The maximum absolute atomic E-state index is 12.0. The molecule has 8 heteroatoms. The van der Waals surface area contributed by atoms with Crippen molar-refractivity contribution in [1.82, 2.24) is 15.2 Å². The van der Waals surface area contributed by atoms with Crippen LogP contribution in [0, 0.1) is 6.92 Å². The summed E-state index contributed by atoms with van der Waals surface area (Å²) >= 11 is 7.40. The Hall–Kier alpha value is -1.73. The summed E-state index contributed by atoms with van der Waals surface area (Å²) in [5, 5.41) is 15.1. The molecule has 0 radical (unpaired) electrons. The molecule has 0 aromatic carbocycles. The summed E-state index contributed by atoms with van der Waals surface area (Å²) in [6, 6.07) is 1.58. The van der Waals surface area contributed by atoms with E-state index in [1.165, 1.54) is 17.5 Å². The van der Waals surface area contributed by atoms with E-state index >= 15 is 0 Å². The van der Waals surface area contributed by atoms with E-state index in [9.17, 15) is 4.79 Å². The predicted octanol–water partition coefficient (Wildman–Crippen LogP) is 2.97. The smallest absolute Gasteiger partial charge is 0.259 e. The molecule has 0 saturated carbocycles. The average molecular weight is 312 g/mol. The third kappa shape index (κ3) is 3.64. The summed E-state index contributed by atoms with van der Waals surface area (Å²) in [7, 11) is 0. The molecule has 20 heavy (non-hydrogen) atoms. The van der Waals surface area contributed by atoms with Gasteiger partial charge in [-0.05, 0) is 19.4 Å². The van der Waals surface area contributed by atoms with Gasteiger partial charge in [0, 0.05) is 12.7 Å². The van der Waals surface area contributed by atoms with Crippen molar-refractivity contribution in [2.75, 3.05) is 17.2 Å². The number of nitrogens with one attached hydrogen (secondary N) is 2. The van der Waals surface area contributed by atoms with Crippen molar-refractivity contribution in [3.63, 3.8) is 0 Å². The molecule has 2 rings (SSSR count). The first kappa shape index (κ1) is 14.7. The first-order valence-electron chi connectivity index (χ1n) is 6.11. The Morgan fingerprint density at radius 2 is 2.25 bits per heavy atom. The Morgan fingerprint density at radius 1 is 1.45 bits per heavy atom. The lowest BCUT2D eigenvalue weighted by atomic mass is 10.2. The highest BCUT2D eigenvalue weighted by atomic mass is 35.5. The van der Waals surface area contributed by atoms with Gasteiger partial charge in [0.1, 0.15) is 10.8 Å². The molecule has 0 saturated heterocycles. The van der Waals surface area contributed by atoms with Crippen molar-refractivity contribution >= 4 is 39.8 Å². The molecule has 0 bridgehead atoms. The second kappa shape index (κ2) is 6.62. The molecule has 0 atom stereocenters. The number of aryl methyl sites for hydroxylation is 1. The Balaban J connectivity index is 2.08. The first-order chi connectivity index (χ1) is 9.60. The Kier molecular flexibility index (Phi) is 4.86. The number of anilines is 2. The number of aromatic nitrogens is 3. The van der Waals surface area contributed by atoms with Crippen LogP contribution < -0.4 is 10.6 Å². The minimum Gasteiger partial charge on any atom is -0.369 e. The molecule has 2 N–H and O–H groups in total. The molecule has 0 aliphatic carbocycles. The van der Waals surface area contributed by atoms with Gasteiger partial charge in [0.15, 0.2) is 0 Å². The van der Waals surface area contributed by atoms with Crippen molar-refractivity contribution in [1.29, 1.82) is 0 Å². The number of hydrogen-bond acceptors (Lipinski definition) is 6. The van der Waals surface area contributed by atoms with Gasteiger partial charge in [-0.1, -0.05) is 29.9 Å². The molecule has 0 unspecified atom stereocenters. The van der Waals surface area contributed by atoms with Gasteiger partial charge in [-0.2, -0.15) is 0 Å². The lowest BCUT2D eigenvalue weighted by Gasteiger charge is -2.07. The summed E-state index contributed by atoms with van der Waals surface area (Å²) in [6.07, 6.45) is 2.45. The molecule has 0 fully saturated rings. The Morgan fingerprint density at radius 3 is 2.85 bits per heavy atom. The molecule has 2 heterocycles. The zero-order valence-corrected chi connectivity index (χ0v) is 12.7. The van der Waals surface area contributed by atoms with Crippen LogP contribution in [0.25, 0.3) is 0 Å². The quantitative estimate of drug-likeness (QED) is 0.887. The Labute approximate surface area is 125 Å². The fourth-order valence-corrected chi connectivity index (χ4v) is 2.27. The van der Waals surface area contributed by atoms with Crippen LogP contribution in [-0.2, 0) is 0 Å². The van der Waals surface area contributed by atoms with Crippen LogP contribution in [-0.4, -0.2) is 27.6 Å². The fraction of sp³-hybridized carbons (Fsp3) is 0.333. The molecule has 6 nitrogen and oxygen atoms in total. The minimum absolute atomic E-state index is 0.308. The molecule has 106 valence electrons. The van der Waals surface area contributed by atoms with E-state index < -0.39 is 0 Å². The van der Waals surface area contributed by atoms with Crippen molar-refractivity contribution in [2.45, 2.75) is 20.3 Å². The van der Waals surface area contributed by atoms with E-state index in [0.717, 1.165) is 18.0 Å². The van der Waals surface area contributed by atoms with Gasteiger partial charge < -0.3 is 5.32 Å². The summed E-state index contributed by atoms with van der Waals surface area (Å²) in [4.78, 5) is 16.2. The van der Waals surface area contributed by atoms with E-state index in [1.54, 1.807) is 6.07 Å². The van der Waals surface area contributed by atoms with Gasteiger partial charge in [-0.3, -0.25) is 10.1 Å². The summed E-state index contributed by atoms with van der Waals surface area (Å²) < 4.78 is 0.